The van der Waals surface area contributed by atoms with Crippen molar-refractivity contribution in [1.29, 1.82) is 0 Å². The van der Waals surface area contributed by atoms with Gasteiger partial charge in [0.05, 0.1) is 12.7 Å². The monoisotopic (exact) mass is 305 g/mol. The van der Waals surface area contributed by atoms with Crippen molar-refractivity contribution in [3.8, 4) is 0 Å². The molecule has 1 aromatic heterocycles. The van der Waals surface area contributed by atoms with E-state index in [0.717, 1.165) is 15.4 Å². The number of hydrogen-bond donors (Lipinski definition) is 1. The zero-order chi connectivity index (χ0) is 15.0. The minimum atomic E-state index is -0.523. The number of hydrogen-bond acceptors (Lipinski definition) is 4. The van der Waals surface area contributed by atoms with Gasteiger partial charge in [0.25, 0.3) is 0 Å². The van der Waals surface area contributed by atoms with Gasteiger partial charge in [0, 0.05) is 25.1 Å². The van der Waals surface area contributed by atoms with E-state index in [4.69, 9.17) is 21.7 Å². The van der Waals surface area contributed by atoms with Crippen LogP contribution < -0.4 is 0 Å². The van der Waals surface area contributed by atoms with Gasteiger partial charge >= 0.3 is 0 Å². The molecule has 2 aromatic rings. The van der Waals surface area contributed by atoms with E-state index in [1.54, 1.807) is 7.11 Å². The molecule has 0 saturated carbocycles. The number of ether oxygens (including phenoxy) is 2. The molecule has 2 heterocycles. The molecule has 1 saturated heterocycles. The summed E-state index contributed by atoms with van der Waals surface area (Å²) in [5, 5.41) is 12.2. The third-order valence-electron chi connectivity index (χ3n) is 3.93. The Morgan fingerprint density at radius 3 is 3.00 bits per heavy atom. The van der Waals surface area contributed by atoms with Crippen LogP contribution in [0.15, 0.2) is 30.5 Å². The molecular formula is C16H19NO3S. The smallest absolute Gasteiger partial charge is 0.137 e. The molecule has 112 valence electrons. The van der Waals surface area contributed by atoms with Gasteiger partial charge in [-0.15, -0.1) is 0 Å². The first kappa shape index (κ1) is 14.7. The molecule has 0 radical (unpaired) electrons. The fourth-order valence-corrected chi connectivity index (χ4v) is 3.17. The summed E-state index contributed by atoms with van der Waals surface area (Å²) < 4.78 is 13.6. The minimum absolute atomic E-state index is 0.238. The molecule has 5 heteroatoms. The number of fused-ring (bicyclic) bond motifs is 1. The van der Waals surface area contributed by atoms with E-state index >= 15 is 0 Å². The largest absolute Gasteiger partial charge is 0.390 e. The molecule has 4 nitrogen and oxygen atoms in total. The molecule has 1 aliphatic rings. The number of methoxy groups -OCH3 is 1. The highest BCUT2D eigenvalue weighted by Crippen LogP contribution is 2.30. The van der Waals surface area contributed by atoms with Gasteiger partial charge in [0.2, 0.25) is 0 Å². The molecule has 21 heavy (non-hydrogen) atoms. The van der Waals surface area contributed by atoms with Crippen LogP contribution in [0, 0.1) is 11.6 Å². The molecule has 3 atom stereocenters. The van der Waals surface area contributed by atoms with E-state index in [9.17, 15) is 5.11 Å². The summed E-state index contributed by atoms with van der Waals surface area (Å²) in [6.45, 7) is 2.45. The SMILES string of the molecule is COCC1O[C@@H](n2ccc3cc(C)ccc3c2=S)C[C@H]1O. The summed E-state index contributed by atoms with van der Waals surface area (Å²) >= 11 is 5.59. The van der Waals surface area contributed by atoms with E-state index < -0.39 is 6.10 Å². The molecule has 1 fully saturated rings. The Morgan fingerprint density at radius 2 is 2.24 bits per heavy atom. The summed E-state index contributed by atoms with van der Waals surface area (Å²) in [6.07, 6.45) is 1.41. The second-order valence-corrected chi connectivity index (χ2v) is 5.89. The molecule has 3 rings (SSSR count). The molecule has 1 unspecified atom stereocenters. The van der Waals surface area contributed by atoms with Crippen molar-refractivity contribution < 1.29 is 14.6 Å². The molecule has 1 N–H and O–H groups in total. The third-order valence-corrected chi connectivity index (χ3v) is 4.36. The molecule has 0 bridgehead atoms. The molecular weight excluding hydrogens is 286 g/mol. The van der Waals surface area contributed by atoms with E-state index in [1.807, 2.05) is 22.9 Å². The lowest BCUT2D eigenvalue weighted by molar-refractivity contribution is -0.0537. The number of aromatic nitrogens is 1. The summed E-state index contributed by atoms with van der Waals surface area (Å²) in [7, 11) is 1.60. The summed E-state index contributed by atoms with van der Waals surface area (Å²) in [4.78, 5) is 0. The van der Waals surface area contributed by atoms with E-state index in [0.29, 0.717) is 13.0 Å². The molecule has 0 aliphatic carbocycles. The molecule has 1 aliphatic heterocycles. The number of aryl methyl sites for hydroxylation is 1. The molecule has 0 spiro atoms. The molecule has 1 aromatic carbocycles. The number of benzene rings is 1. The highest BCUT2D eigenvalue weighted by atomic mass is 32.1. The van der Waals surface area contributed by atoms with E-state index in [2.05, 4.69) is 19.1 Å². The first-order chi connectivity index (χ1) is 10.1. The Balaban J connectivity index is 1.97. The van der Waals surface area contributed by atoms with Crippen LogP contribution in [-0.2, 0) is 9.47 Å². The van der Waals surface area contributed by atoms with Crippen molar-refractivity contribution in [2.75, 3.05) is 13.7 Å². The lowest BCUT2D eigenvalue weighted by Gasteiger charge is -2.17. The average Bonchev–Trinajstić information content (AvgIpc) is 2.80. The highest BCUT2D eigenvalue weighted by Gasteiger charge is 2.34. The summed E-state index contributed by atoms with van der Waals surface area (Å²) in [5.74, 6) is 0. The van der Waals surface area contributed by atoms with Crippen molar-refractivity contribution >= 4 is 23.0 Å². The van der Waals surface area contributed by atoms with Crippen LogP contribution in [0.1, 0.15) is 18.2 Å². The predicted molar refractivity (Wildman–Crippen MR) is 83.9 cm³/mol. The number of nitrogens with zero attached hydrogens (tertiary/aromatic N) is 1. The zero-order valence-electron chi connectivity index (χ0n) is 12.2. The summed E-state index contributed by atoms with van der Waals surface area (Å²) in [6, 6.07) is 8.26. The third kappa shape index (κ3) is 2.74. The van der Waals surface area contributed by atoms with E-state index in [-0.39, 0.29) is 12.3 Å². The Morgan fingerprint density at radius 1 is 1.43 bits per heavy atom. The van der Waals surface area contributed by atoms with Crippen molar-refractivity contribution in [3.05, 3.63) is 40.7 Å². The number of rotatable bonds is 3. The predicted octanol–water partition coefficient (Wildman–Crippen LogP) is 2.97. The van der Waals surface area contributed by atoms with Crippen LogP contribution >= 0.6 is 12.2 Å². The van der Waals surface area contributed by atoms with Crippen molar-refractivity contribution in [2.24, 2.45) is 0 Å². The van der Waals surface area contributed by atoms with Crippen molar-refractivity contribution in [1.82, 2.24) is 4.57 Å². The minimum Gasteiger partial charge on any atom is -0.390 e. The Hall–Kier alpha value is -1.27. The number of aliphatic hydroxyl groups excluding tert-OH is 1. The van der Waals surface area contributed by atoms with Crippen LogP contribution in [0.5, 0.6) is 0 Å². The second kappa shape index (κ2) is 5.85. The van der Waals surface area contributed by atoms with Crippen molar-refractivity contribution in [2.45, 2.75) is 31.8 Å². The molecule has 0 amide bonds. The van der Waals surface area contributed by atoms with Crippen LogP contribution in [0.3, 0.4) is 0 Å². The van der Waals surface area contributed by atoms with Gasteiger partial charge in [-0.2, -0.15) is 0 Å². The maximum Gasteiger partial charge on any atom is 0.137 e. The van der Waals surface area contributed by atoms with Gasteiger partial charge in [-0.3, -0.25) is 0 Å². The van der Waals surface area contributed by atoms with Gasteiger partial charge in [0.15, 0.2) is 0 Å². The zero-order valence-corrected chi connectivity index (χ0v) is 13.0. The topological polar surface area (TPSA) is 43.6 Å². The van der Waals surface area contributed by atoms with Gasteiger partial charge < -0.3 is 19.1 Å². The van der Waals surface area contributed by atoms with Crippen LogP contribution in [-0.4, -0.2) is 35.6 Å². The fourth-order valence-electron chi connectivity index (χ4n) is 2.81. The van der Waals surface area contributed by atoms with Crippen LogP contribution in [0.2, 0.25) is 0 Å². The standard InChI is InChI=1S/C16H19NO3S/c1-10-3-4-12-11(7-10)5-6-17(16(12)21)15-8-13(18)14(20-15)9-19-2/h3-7,13-15,18H,8-9H2,1-2H3/t13-,14?,15-/m1/s1. The van der Waals surface area contributed by atoms with Crippen LogP contribution in [0.4, 0.5) is 0 Å². The summed E-state index contributed by atoms with van der Waals surface area (Å²) in [5.41, 5.74) is 1.21. The maximum atomic E-state index is 10.0. The van der Waals surface area contributed by atoms with Gasteiger partial charge in [-0.1, -0.05) is 36.0 Å². The quantitative estimate of drug-likeness (QED) is 0.885. The normalized spacial score (nSPS) is 25.6. The fraction of sp³-hybridized carbons (Fsp3) is 0.438. The number of pyridine rings is 1. The van der Waals surface area contributed by atoms with Gasteiger partial charge in [-0.05, 0) is 18.4 Å². The first-order valence-corrected chi connectivity index (χ1v) is 7.45. The van der Waals surface area contributed by atoms with Gasteiger partial charge in [-0.25, -0.2) is 0 Å². The first-order valence-electron chi connectivity index (χ1n) is 7.04. The average molecular weight is 305 g/mol. The van der Waals surface area contributed by atoms with E-state index in [1.165, 1.54) is 5.56 Å². The lowest BCUT2D eigenvalue weighted by atomic mass is 10.1. The Bertz CT molecular complexity index is 712. The second-order valence-electron chi connectivity index (χ2n) is 5.51. The Kier molecular flexibility index (Phi) is 4.08. The van der Waals surface area contributed by atoms with Gasteiger partial charge in [0.1, 0.15) is 17.0 Å². The highest BCUT2D eigenvalue weighted by molar-refractivity contribution is 7.71. The van der Waals surface area contributed by atoms with Crippen molar-refractivity contribution in [3.63, 3.8) is 0 Å². The lowest BCUT2D eigenvalue weighted by Crippen LogP contribution is -2.25. The Labute approximate surface area is 128 Å². The van der Waals surface area contributed by atoms with Crippen LogP contribution in [0.25, 0.3) is 10.8 Å². The number of aliphatic hydroxyl groups is 1. The maximum absolute atomic E-state index is 10.0.